The van der Waals surface area contributed by atoms with E-state index in [4.69, 9.17) is 4.74 Å². The Labute approximate surface area is 86.8 Å². The number of cyclic esters (lactones) is 1. The lowest BCUT2D eigenvalue weighted by Crippen LogP contribution is -2.25. The van der Waals surface area contributed by atoms with Crippen LogP contribution in [0.3, 0.4) is 0 Å². The number of aromatic nitrogens is 4. The molecule has 1 fully saturated rings. The maximum atomic E-state index is 10.8. The van der Waals surface area contributed by atoms with E-state index >= 15 is 0 Å². The van der Waals surface area contributed by atoms with Crippen LogP contribution in [0.4, 0.5) is 4.79 Å². The van der Waals surface area contributed by atoms with Crippen LogP contribution in [0.2, 0.25) is 0 Å². The Kier molecular flexibility index (Phi) is 2.09. The maximum absolute atomic E-state index is 10.8. The van der Waals surface area contributed by atoms with E-state index in [9.17, 15) is 4.79 Å². The number of hydrogen-bond acceptors (Lipinski definition) is 5. The number of hydrogen-bond donors (Lipinski definition) is 1. The number of ether oxygens (including phenoxy) is 1. The first-order chi connectivity index (χ1) is 6.97. The highest BCUT2D eigenvalue weighted by Gasteiger charge is 2.29. The molecule has 1 aliphatic heterocycles. The molecule has 2 heterocycles. The van der Waals surface area contributed by atoms with Crippen molar-refractivity contribution in [3.63, 3.8) is 0 Å². The molecule has 1 N–H and O–H groups in total. The Hall–Kier alpha value is -1.66. The number of rotatable bonds is 1. The van der Waals surface area contributed by atoms with Crippen molar-refractivity contribution in [2.24, 2.45) is 0 Å². The van der Waals surface area contributed by atoms with Crippen molar-refractivity contribution in [2.75, 3.05) is 6.61 Å². The van der Waals surface area contributed by atoms with Gasteiger partial charge in [0.2, 0.25) is 5.82 Å². The normalized spacial score (nSPS) is 21.3. The molecule has 1 aliphatic rings. The zero-order valence-corrected chi connectivity index (χ0v) is 8.89. The third kappa shape index (κ3) is 1.90. The number of nitrogens with one attached hydrogen (secondary N) is 1. The second-order valence-corrected chi connectivity index (χ2v) is 4.40. The van der Waals surface area contributed by atoms with Gasteiger partial charge in [-0.3, -0.25) is 0 Å². The summed E-state index contributed by atoms with van der Waals surface area (Å²) in [6, 6.07) is -0.284. The Morgan fingerprint density at radius 1 is 1.53 bits per heavy atom. The lowest BCUT2D eigenvalue weighted by atomic mass is 10.1. The Bertz CT molecular complexity index is 381. The third-order valence-electron chi connectivity index (χ3n) is 2.01. The molecule has 7 heteroatoms. The zero-order valence-electron chi connectivity index (χ0n) is 8.89. The Balaban J connectivity index is 2.17. The van der Waals surface area contributed by atoms with Crippen LogP contribution in [0.1, 0.15) is 32.6 Å². The molecule has 1 amide bonds. The van der Waals surface area contributed by atoms with Crippen LogP contribution < -0.4 is 5.32 Å². The van der Waals surface area contributed by atoms with Crippen molar-refractivity contribution >= 4 is 6.09 Å². The fraction of sp³-hybridized carbons (Fsp3) is 0.750. The molecule has 0 spiro atoms. The second-order valence-electron chi connectivity index (χ2n) is 4.40. The minimum Gasteiger partial charge on any atom is -0.447 e. The van der Waals surface area contributed by atoms with E-state index < -0.39 is 6.09 Å². The summed E-state index contributed by atoms with van der Waals surface area (Å²) in [5.41, 5.74) is -0.214. The summed E-state index contributed by atoms with van der Waals surface area (Å²) in [7, 11) is 0. The van der Waals surface area contributed by atoms with Gasteiger partial charge in [-0.05, 0) is 26.0 Å². The average molecular weight is 211 g/mol. The molecular formula is C8H13N5O2. The summed E-state index contributed by atoms with van der Waals surface area (Å²) >= 11 is 0. The van der Waals surface area contributed by atoms with E-state index in [1.807, 2.05) is 20.8 Å². The van der Waals surface area contributed by atoms with Gasteiger partial charge in [0.25, 0.3) is 0 Å². The first-order valence-corrected chi connectivity index (χ1v) is 4.70. The monoisotopic (exact) mass is 211 g/mol. The standard InChI is InChI=1S/C8H13N5O2/c1-8(2,3)13-11-6(10-12-13)5-4-15-7(14)9-5/h5H,4H2,1-3H3,(H,9,14). The lowest BCUT2D eigenvalue weighted by molar-refractivity contribution is 0.176. The second kappa shape index (κ2) is 3.18. The molecule has 82 valence electrons. The number of tetrazole rings is 1. The largest absolute Gasteiger partial charge is 0.447 e. The van der Waals surface area contributed by atoms with Crippen molar-refractivity contribution in [3.05, 3.63) is 5.82 Å². The fourth-order valence-electron chi connectivity index (χ4n) is 1.17. The van der Waals surface area contributed by atoms with Gasteiger partial charge in [0, 0.05) is 0 Å². The average Bonchev–Trinajstić information content (AvgIpc) is 2.69. The highest BCUT2D eigenvalue weighted by molar-refractivity contribution is 5.69. The van der Waals surface area contributed by atoms with Gasteiger partial charge in [0.05, 0.1) is 5.54 Å². The van der Waals surface area contributed by atoms with E-state index in [-0.39, 0.29) is 18.2 Å². The van der Waals surface area contributed by atoms with E-state index in [2.05, 4.69) is 20.7 Å². The molecule has 1 aromatic heterocycles. The van der Waals surface area contributed by atoms with Crippen molar-refractivity contribution in [1.82, 2.24) is 25.5 Å². The third-order valence-corrected chi connectivity index (χ3v) is 2.01. The predicted octanol–water partition coefficient (Wildman–Crippen LogP) is 0.209. The highest BCUT2D eigenvalue weighted by Crippen LogP contribution is 2.15. The van der Waals surface area contributed by atoms with Gasteiger partial charge in [-0.2, -0.15) is 4.80 Å². The summed E-state index contributed by atoms with van der Waals surface area (Å²) in [5.74, 6) is 0.482. The molecule has 1 saturated heterocycles. The first-order valence-electron chi connectivity index (χ1n) is 4.70. The van der Waals surface area contributed by atoms with Crippen LogP contribution in [0, 0.1) is 0 Å². The van der Waals surface area contributed by atoms with Crippen LogP contribution in [-0.2, 0) is 10.3 Å². The summed E-state index contributed by atoms with van der Waals surface area (Å²) in [4.78, 5) is 12.3. The van der Waals surface area contributed by atoms with E-state index in [0.29, 0.717) is 5.82 Å². The molecule has 0 saturated carbocycles. The number of carbonyl (C=O) groups excluding carboxylic acids is 1. The molecular weight excluding hydrogens is 198 g/mol. The topological polar surface area (TPSA) is 81.9 Å². The molecule has 1 aromatic rings. The van der Waals surface area contributed by atoms with Crippen molar-refractivity contribution < 1.29 is 9.53 Å². The molecule has 2 rings (SSSR count). The molecule has 0 radical (unpaired) electrons. The van der Waals surface area contributed by atoms with E-state index in [1.54, 1.807) is 0 Å². The van der Waals surface area contributed by atoms with Gasteiger partial charge in [-0.1, -0.05) is 0 Å². The summed E-state index contributed by atoms with van der Waals surface area (Å²) < 4.78 is 4.75. The van der Waals surface area contributed by atoms with Crippen LogP contribution in [0.5, 0.6) is 0 Å². The smallest absolute Gasteiger partial charge is 0.407 e. The Morgan fingerprint density at radius 3 is 2.73 bits per heavy atom. The van der Waals surface area contributed by atoms with Gasteiger partial charge < -0.3 is 10.1 Å². The molecule has 0 bridgehead atoms. The minimum atomic E-state index is -0.438. The summed E-state index contributed by atoms with van der Waals surface area (Å²) in [5, 5.41) is 14.6. The SMILES string of the molecule is CC(C)(C)n1nnc(C2COC(=O)N2)n1. The number of carbonyl (C=O) groups is 1. The molecule has 1 atom stereocenters. The van der Waals surface area contributed by atoms with Crippen molar-refractivity contribution in [1.29, 1.82) is 0 Å². The molecule has 0 aromatic carbocycles. The van der Waals surface area contributed by atoms with Gasteiger partial charge in [-0.15, -0.1) is 10.2 Å². The lowest BCUT2D eigenvalue weighted by Gasteiger charge is -2.15. The van der Waals surface area contributed by atoms with Gasteiger partial charge in [0.15, 0.2) is 0 Å². The van der Waals surface area contributed by atoms with Crippen LogP contribution in [0.25, 0.3) is 0 Å². The first kappa shape index (κ1) is 9.88. The Morgan fingerprint density at radius 2 is 2.27 bits per heavy atom. The minimum absolute atomic E-state index is 0.214. The molecule has 0 aliphatic carbocycles. The predicted molar refractivity (Wildman–Crippen MR) is 50.0 cm³/mol. The summed E-state index contributed by atoms with van der Waals surface area (Å²) in [6.45, 7) is 6.18. The van der Waals surface area contributed by atoms with Crippen molar-refractivity contribution in [2.45, 2.75) is 32.4 Å². The number of amides is 1. The van der Waals surface area contributed by atoms with Gasteiger partial charge >= 0.3 is 6.09 Å². The van der Waals surface area contributed by atoms with Crippen LogP contribution in [-0.4, -0.2) is 32.9 Å². The van der Waals surface area contributed by atoms with Gasteiger partial charge in [-0.25, -0.2) is 4.79 Å². The zero-order chi connectivity index (χ0) is 11.1. The van der Waals surface area contributed by atoms with Crippen LogP contribution in [0.15, 0.2) is 0 Å². The summed E-state index contributed by atoms with van der Waals surface area (Å²) in [6.07, 6.45) is -0.438. The molecule has 1 unspecified atom stereocenters. The van der Waals surface area contributed by atoms with Crippen LogP contribution >= 0.6 is 0 Å². The molecule has 15 heavy (non-hydrogen) atoms. The molecule has 7 nitrogen and oxygen atoms in total. The van der Waals surface area contributed by atoms with Crippen molar-refractivity contribution in [3.8, 4) is 0 Å². The van der Waals surface area contributed by atoms with E-state index in [0.717, 1.165) is 0 Å². The maximum Gasteiger partial charge on any atom is 0.407 e. The highest BCUT2D eigenvalue weighted by atomic mass is 16.6. The van der Waals surface area contributed by atoms with E-state index in [1.165, 1.54) is 4.80 Å². The fourth-order valence-corrected chi connectivity index (χ4v) is 1.17. The van der Waals surface area contributed by atoms with Gasteiger partial charge in [0.1, 0.15) is 12.6 Å². The number of alkyl carbamates (subject to hydrolysis) is 1. The quantitative estimate of drug-likeness (QED) is 0.718. The number of nitrogens with zero attached hydrogens (tertiary/aromatic N) is 4.